The molecule has 0 amide bonds. The van der Waals surface area contributed by atoms with Crippen molar-refractivity contribution >= 4 is 5.84 Å². The van der Waals surface area contributed by atoms with Crippen molar-refractivity contribution in [1.82, 2.24) is 0 Å². The zero-order chi connectivity index (χ0) is 6.85. The molecule has 0 bridgehead atoms. The lowest BCUT2D eigenvalue weighted by atomic mass is 10.4. The van der Waals surface area contributed by atoms with Crippen molar-refractivity contribution in [1.29, 1.82) is 5.41 Å². The molecule has 0 saturated heterocycles. The van der Waals surface area contributed by atoms with Crippen molar-refractivity contribution in [2.75, 3.05) is 0 Å². The van der Waals surface area contributed by atoms with Gasteiger partial charge >= 0.3 is 0 Å². The highest BCUT2D eigenvalue weighted by Crippen LogP contribution is 2.15. The van der Waals surface area contributed by atoms with Crippen LogP contribution in [0.4, 0.5) is 0 Å². The molecule has 1 aromatic rings. The lowest BCUT2D eigenvalue weighted by molar-refractivity contribution is 0.454. The second-order valence-electron chi connectivity index (χ2n) is 1.55. The van der Waals surface area contributed by atoms with Gasteiger partial charge in [0.25, 0.3) is 0 Å². The topological polar surface area (TPSA) is 83.2 Å². The maximum atomic E-state index is 8.81. The lowest BCUT2D eigenvalue weighted by Crippen LogP contribution is -2.09. The largest absolute Gasteiger partial charge is 0.504 e. The molecule has 0 aromatic carbocycles. The summed E-state index contributed by atoms with van der Waals surface area (Å²) in [6, 6.07) is 1.33. The minimum atomic E-state index is -0.266. The quantitative estimate of drug-likeness (QED) is 0.373. The summed E-state index contributed by atoms with van der Waals surface area (Å²) >= 11 is 0. The van der Waals surface area contributed by atoms with Gasteiger partial charge in [-0.3, -0.25) is 5.41 Å². The van der Waals surface area contributed by atoms with Crippen molar-refractivity contribution in [2.24, 2.45) is 5.73 Å². The number of amidine groups is 1. The Kier molecular flexibility index (Phi) is 1.14. The number of nitrogen functional groups attached to an aromatic ring is 1. The average Bonchev–Trinajstić information content (AvgIpc) is 2.13. The molecule has 1 aromatic heterocycles. The summed E-state index contributed by atoms with van der Waals surface area (Å²) in [5.74, 6) is -0.338. The summed E-state index contributed by atoms with van der Waals surface area (Å²) in [5, 5.41) is 15.6. The van der Waals surface area contributed by atoms with E-state index in [1.807, 2.05) is 0 Å². The third-order valence-electron chi connectivity index (χ3n) is 0.889. The minimum absolute atomic E-state index is 0.0231. The van der Waals surface area contributed by atoms with Gasteiger partial charge in [0.05, 0.1) is 6.26 Å². The number of furan rings is 1. The Hall–Kier alpha value is -1.45. The van der Waals surface area contributed by atoms with Gasteiger partial charge in [0.15, 0.2) is 11.6 Å². The molecule has 4 N–H and O–H groups in total. The van der Waals surface area contributed by atoms with E-state index in [1.54, 1.807) is 0 Å². The first kappa shape index (κ1) is 5.68. The number of nitrogens with two attached hydrogens (primary N) is 1. The summed E-state index contributed by atoms with van der Waals surface area (Å²) in [7, 11) is 0. The first-order valence-corrected chi connectivity index (χ1v) is 2.32. The molecule has 9 heavy (non-hydrogen) atoms. The number of rotatable bonds is 1. The van der Waals surface area contributed by atoms with Crippen LogP contribution in [-0.2, 0) is 0 Å². The average molecular weight is 126 g/mol. The van der Waals surface area contributed by atoms with E-state index in [0.29, 0.717) is 0 Å². The van der Waals surface area contributed by atoms with Crippen molar-refractivity contribution in [3.05, 3.63) is 18.1 Å². The van der Waals surface area contributed by atoms with Gasteiger partial charge in [-0.05, 0) is 0 Å². The number of hydrogen-bond acceptors (Lipinski definition) is 3. The van der Waals surface area contributed by atoms with Crippen molar-refractivity contribution in [3.8, 4) is 5.75 Å². The normalized spacial score (nSPS) is 9.33. The molecule has 0 atom stereocenters. The van der Waals surface area contributed by atoms with Crippen molar-refractivity contribution in [3.63, 3.8) is 0 Å². The SMILES string of the molecule is N=C(N)c1occc1O. The molecule has 1 heterocycles. The fourth-order valence-corrected chi connectivity index (χ4v) is 0.504. The molecular formula is C5H6N2O2. The van der Waals surface area contributed by atoms with Gasteiger partial charge in [-0.1, -0.05) is 0 Å². The summed E-state index contributed by atoms with van der Waals surface area (Å²) < 4.78 is 4.63. The summed E-state index contributed by atoms with van der Waals surface area (Å²) in [4.78, 5) is 0. The maximum absolute atomic E-state index is 8.81. The van der Waals surface area contributed by atoms with Crippen LogP contribution in [0.3, 0.4) is 0 Å². The van der Waals surface area contributed by atoms with Gasteiger partial charge in [-0.15, -0.1) is 0 Å². The van der Waals surface area contributed by atoms with E-state index in [9.17, 15) is 0 Å². The Morgan fingerprint density at radius 3 is 2.67 bits per heavy atom. The predicted octanol–water partition coefficient (Wildman–Crippen LogP) is 0.269. The molecule has 0 aliphatic carbocycles. The summed E-state index contributed by atoms with van der Waals surface area (Å²) in [5.41, 5.74) is 4.99. The first-order valence-electron chi connectivity index (χ1n) is 2.32. The van der Waals surface area contributed by atoms with Gasteiger partial charge in [0.2, 0.25) is 5.76 Å². The van der Waals surface area contributed by atoms with Gasteiger partial charge in [0.1, 0.15) is 0 Å². The Morgan fingerprint density at radius 2 is 2.44 bits per heavy atom. The Morgan fingerprint density at radius 1 is 1.78 bits per heavy atom. The predicted molar refractivity (Wildman–Crippen MR) is 31.4 cm³/mol. The van der Waals surface area contributed by atoms with Crippen LogP contribution in [0.1, 0.15) is 5.76 Å². The molecule has 48 valence electrons. The number of nitrogens with one attached hydrogen (secondary N) is 1. The first-order chi connectivity index (χ1) is 4.22. The Bertz CT molecular complexity index is 229. The number of aromatic hydroxyl groups is 1. The highest BCUT2D eigenvalue weighted by molar-refractivity contribution is 5.94. The fourth-order valence-electron chi connectivity index (χ4n) is 0.504. The molecule has 1 rings (SSSR count). The smallest absolute Gasteiger partial charge is 0.209 e. The van der Waals surface area contributed by atoms with Crippen LogP contribution in [0.2, 0.25) is 0 Å². The van der Waals surface area contributed by atoms with Gasteiger partial charge in [0, 0.05) is 6.07 Å². The van der Waals surface area contributed by atoms with E-state index in [0.717, 1.165) is 0 Å². The molecule has 0 unspecified atom stereocenters. The fraction of sp³-hybridized carbons (Fsp3) is 0. The van der Waals surface area contributed by atoms with E-state index in [2.05, 4.69) is 4.42 Å². The second-order valence-corrected chi connectivity index (χ2v) is 1.55. The molecule has 4 nitrogen and oxygen atoms in total. The molecule has 4 heteroatoms. The van der Waals surface area contributed by atoms with Gasteiger partial charge < -0.3 is 15.3 Å². The third-order valence-corrected chi connectivity index (χ3v) is 0.889. The third kappa shape index (κ3) is 0.861. The molecule has 0 radical (unpaired) electrons. The standard InChI is InChI=1S/C5H6N2O2/c6-5(7)4-3(8)1-2-9-4/h1-2,8H,(H3,6,7). The highest BCUT2D eigenvalue weighted by Gasteiger charge is 2.05. The van der Waals surface area contributed by atoms with E-state index < -0.39 is 0 Å². The van der Waals surface area contributed by atoms with Crippen LogP contribution in [0.25, 0.3) is 0 Å². The minimum Gasteiger partial charge on any atom is -0.504 e. The van der Waals surface area contributed by atoms with E-state index in [1.165, 1.54) is 12.3 Å². The van der Waals surface area contributed by atoms with Crippen LogP contribution in [0, 0.1) is 5.41 Å². The summed E-state index contributed by atoms with van der Waals surface area (Å²) in [6.45, 7) is 0. The lowest BCUT2D eigenvalue weighted by Gasteiger charge is -1.89. The molecule has 0 fully saturated rings. The van der Waals surface area contributed by atoms with Gasteiger partial charge in [-0.2, -0.15) is 0 Å². The van der Waals surface area contributed by atoms with E-state index >= 15 is 0 Å². The van der Waals surface area contributed by atoms with Crippen molar-refractivity contribution < 1.29 is 9.52 Å². The maximum Gasteiger partial charge on any atom is 0.209 e. The zero-order valence-corrected chi connectivity index (χ0v) is 4.59. The van der Waals surface area contributed by atoms with Crippen LogP contribution >= 0.6 is 0 Å². The molecular weight excluding hydrogens is 120 g/mol. The summed E-state index contributed by atoms with van der Waals surface area (Å²) in [6.07, 6.45) is 1.27. The van der Waals surface area contributed by atoms with Crippen molar-refractivity contribution in [2.45, 2.75) is 0 Å². The van der Waals surface area contributed by atoms with E-state index in [4.69, 9.17) is 16.2 Å². The Balaban J connectivity index is 3.08. The Labute approximate surface area is 51.4 Å². The monoisotopic (exact) mass is 126 g/mol. The molecule has 0 aliphatic rings. The van der Waals surface area contributed by atoms with E-state index in [-0.39, 0.29) is 17.3 Å². The van der Waals surface area contributed by atoms with Crippen LogP contribution < -0.4 is 5.73 Å². The molecule has 0 spiro atoms. The van der Waals surface area contributed by atoms with Crippen LogP contribution in [0.15, 0.2) is 16.7 Å². The van der Waals surface area contributed by atoms with Crippen LogP contribution in [0.5, 0.6) is 5.75 Å². The zero-order valence-electron chi connectivity index (χ0n) is 4.59. The van der Waals surface area contributed by atoms with Gasteiger partial charge in [-0.25, -0.2) is 0 Å². The number of hydrogen-bond donors (Lipinski definition) is 3. The molecule has 0 saturated carbocycles. The second kappa shape index (κ2) is 1.81. The molecule has 0 aliphatic heterocycles. The highest BCUT2D eigenvalue weighted by atomic mass is 16.4. The van der Waals surface area contributed by atoms with Crippen LogP contribution in [-0.4, -0.2) is 10.9 Å².